The van der Waals surface area contributed by atoms with E-state index in [1.807, 2.05) is 36.4 Å². The Morgan fingerprint density at radius 3 is 2.78 bits per heavy atom. The number of carbonyl (C=O) groups is 1. The molecule has 168 valence electrons. The van der Waals surface area contributed by atoms with Crippen LogP contribution in [0.4, 0.5) is 0 Å². The minimum atomic E-state index is -0.197. The van der Waals surface area contributed by atoms with Gasteiger partial charge in [0.05, 0.1) is 25.8 Å². The molecule has 6 nitrogen and oxygen atoms in total. The molecule has 1 atom stereocenters. The van der Waals surface area contributed by atoms with E-state index in [1.165, 1.54) is 5.56 Å². The summed E-state index contributed by atoms with van der Waals surface area (Å²) in [6.45, 7) is 3.33. The number of nitrogens with zero attached hydrogens (tertiary/aromatic N) is 1. The molecule has 0 saturated heterocycles. The molecule has 1 aliphatic rings. The predicted molar refractivity (Wildman–Crippen MR) is 123 cm³/mol. The summed E-state index contributed by atoms with van der Waals surface area (Å²) < 4.78 is 16.6. The van der Waals surface area contributed by atoms with Gasteiger partial charge in [0.2, 0.25) is 5.91 Å². The summed E-state index contributed by atoms with van der Waals surface area (Å²) in [5, 5.41) is 3.10. The van der Waals surface area contributed by atoms with Crippen LogP contribution >= 0.6 is 0 Å². The summed E-state index contributed by atoms with van der Waals surface area (Å²) >= 11 is 0. The van der Waals surface area contributed by atoms with Gasteiger partial charge in [-0.1, -0.05) is 30.3 Å². The smallest absolute Gasteiger partial charge is 0.226 e. The van der Waals surface area contributed by atoms with Gasteiger partial charge in [0, 0.05) is 19.6 Å². The van der Waals surface area contributed by atoms with Crippen LogP contribution in [0, 0.1) is 5.92 Å². The van der Waals surface area contributed by atoms with Gasteiger partial charge in [-0.15, -0.1) is 0 Å². The quantitative estimate of drug-likeness (QED) is 0.527. The predicted octanol–water partition coefficient (Wildman–Crippen LogP) is 3.70. The van der Waals surface area contributed by atoms with Crippen molar-refractivity contribution < 1.29 is 18.7 Å². The number of furan rings is 1. The minimum absolute atomic E-state index is 0.0273. The third kappa shape index (κ3) is 5.92. The molecule has 1 aliphatic heterocycles. The molecule has 2 heterocycles. The van der Waals surface area contributed by atoms with Crippen molar-refractivity contribution in [3.05, 3.63) is 83.8 Å². The molecule has 6 heteroatoms. The maximum Gasteiger partial charge on any atom is 0.226 e. The largest absolute Gasteiger partial charge is 0.497 e. The molecule has 3 aromatic rings. The topological polar surface area (TPSA) is 63.9 Å². The Hall–Kier alpha value is -3.25. The van der Waals surface area contributed by atoms with Crippen LogP contribution in [0.15, 0.2) is 71.3 Å². The number of carbonyl (C=O) groups excluding carboxylic acids is 1. The summed E-state index contributed by atoms with van der Waals surface area (Å²) in [6, 6.07) is 20.1. The van der Waals surface area contributed by atoms with Crippen LogP contribution in [0.25, 0.3) is 0 Å². The van der Waals surface area contributed by atoms with E-state index in [0.29, 0.717) is 19.6 Å². The van der Waals surface area contributed by atoms with Gasteiger partial charge in [0.15, 0.2) is 0 Å². The first kappa shape index (κ1) is 22.0. The number of rotatable bonds is 10. The van der Waals surface area contributed by atoms with E-state index in [-0.39, 0.29) is 11.8 Å². The molecule has 0 fully saturated rings. The lowest BCUT2D eigenvalue weighted by atomic mass is 9.96. The Morgan fingerprint density at radius 2 is 2.00 bits per heavy atom. The second-order valence-corrected chi connectivity index (χ2v) is 8.07. The highest BCUT2D eigenvalue weighted by Gasteiger charge is 2.26. The lowest BCUT2D eigenvalue weighted by molar-refractivity contribution is -0.126. The summed E-state index contributed by atoms with van der Waals surface area (Å²) in [5.74, 6) is 2.37. The zero-order valence-corrected chi connectivity index (χ0v) is 18.5. The molecular weight excluding hydrogens is 404 g/mol. The molecule has 1 N–H and O–H groups in total. The average molecular weight is 435 g/mol. The van der Waals surface area contributed by atoms with Gasteiger partial charge in [0.25, 0.3) is 0 Å². The van der Waals surface area contributed by atoms with Crippen molar-refractivity contribution in [3.8, 4) is 11.5 Å². The van der Waals surface area contributed by atoms with E-state index in [1.54, 1.807) is 13.4 Å². The zero-order valence-electron chi connectivity index (χ0n) is 18.5. The Kier molecular flexibility index (Phi) is 7.46. The van der Waals surface area contributed by atoms with Crippen LogP contribution in [0.5, 0.6) is 11.5 Å². The number of ether oxygens (including phenoxy) is 2. The number of hydrogen-bond donors (Lipinski definition) is 1. The molecule has 0 unspecified atom stereocenters. The molecular formula is C26H30N2O4. The first-order chi connectivity index (χ1) is 15.7. The zero-order chi connectivity index (χ0) is 22.2. The van der Waals surface area contributed by atoms with E-state index in [9.17, 15) is 4.79 Å². The normalized spacial score (nSPS) is 15.1. The van der Waals surface area contributed by atoms with Crippen LogP contribution < -0.4 is 14.8 Å². The van der Waals surface area contributed by atoms with Crippen molar-refractivity contribution in [1.82, 2.24) is 10.2 Å². The lowest BCUT2D eigenvalue weighted by Crippen LogP contribution is -2.41. The van der Waals surface area contributed by atoms with Crippen LogP contribution in [0.2, 0.25) is 0 Å². The summed E-state index contributed by atoms with van der Waals surface area (Å²) in [6.07, 6.45) is 3.30. The fourth-order valence-corrected chi connectivity index (χ4v) is 3.97. The SMILES string of the molecule is COc1ccc2c(c1)C[C@@H](C(=O)NCCN(CCc1ccccc1)Cc1ccco1)CO2. The van der Waals surface area contributed by atoms with Gasteiger partial charge in [-0.05, 0) is 54.3 Å². The molecule has 1 amide bonds. The fraction of sp³-hybridized carbons (Fsp3) is 0.346. The number of hydrogen-bond acceptors (Lipinski definition) is 5. The first-order valence-corrected chi connectivity index (χ1v) is 11.1. The van der Waals surface area contributed by atoms with E-state index >= 15 is 0 Å². The highest BCUT2D eigenvalue weighted by molar-refractivity contribution is 5.79. The maximum absolute atomic E-state index is 12.8. The van der Waals surface area contributed by atoms with Gasteiger partial charge < -0.3 is 19.2 Å². The number of nitrogens with one attached hydrogen (secondary N) is 1. The molecule has 2 aromatic carbocycles. The Labute approximate surface area is 189 Å². The van der Waals surface area contributed by atoms with Crippen LogP contribution in [0.1, 0.15) is 16.9 Å². The van der Waals surface area contributed by atoms with E-state index in [2.05, 4.69) is 34.5 Å². The van der Waals surface area contributed by atoms with E-state index < -0.39 is 0 Å². The fourth-order valence-electron chi connectivity index (χ4n) is 3.97. The monoisotopic (exact) mass is 434 g/mol. The molecule has 0 saturated carbocycles. The Balaban J connectivity index is 1.29. The summed E-state index contributed by atoms with van der Waals surface area (Å²) in [4.78, 5) is 15.1. The van der Waals surface area contributed by atoms with Crippen molar-refractivity contribution in [2.24, 2.45) is 5.92 Å². The molecule has 0 radical (unpaired) electrons. The van der Waals surface area contributed by atoms with Gasteiger partial charge in [-0.2, -0.15) is 0 Å². The van der Waals surface area contributed by atoms with Crippen molar-refractivity contribution in [2.45, 2.75) is 19.4 Å². The molecule has 1 aromatic heterocycles. The molecule has 0 spiro atoms. The highest BCUT2D eigenvalue weighted by atomic mass is 16.5. The van der Waals surface area contributed by atoms with Gasteiger partial charge in [-0.25, -0.2) is 0 Å². The van der Waals surface area contributed by atoms with E-state index in [4.69, 9.17) is 13.9 Å². The minimum Gasteiger partial charge on any atom is -0.497 e. The average Bonchev–Trinajstić information content (AvgIpc) is 3.35. The van der Waals surface area contributed by atoms with Gasteiger partial charge in [-0.3, -0.25) is 9.69 Å². The van der Waals surface area contributed by atoms with Crippen molar-refractivity contribution in [1.29, 1.82) is 0 Å². The number of fused-ring (bicyclic) bond motifs is 1. The second kappa shape index (κ2) is 10.9. The van der Waals surface area contributed by atoms with Crippen molar-refractivity contribution in [2.75, 3.05) is 33.4 Å². The first-order valence-electron chi connectivity index (χ1n) is 11.1. The summed E-state index contributed by atoms with van der Waals surface area (Å²) in [5.41, 5.74) is 2.31. The Bertz CT molecular complexity index is 988. The van der Waals surface area contributed by atoms with Crippen LogP contribution in [-0.4, -0.2) is 44.2 Å². The second-order valence-electron chi connectivity index (χ2n) is 8.07. The maximum atomic E-state index is 12.8. The molecule has 0 bridgehead atoms. The highest BCUT2D eigenvalue weighted by Crippen LogP contribution is 2.30. The number of methoxy groups -OCH3 is 1. The van der Waals surface area contributed by atoms with E-state index in [0.717, 1.165) is 48.9 Å². The van der Waals surface area contributed by atoms with Crippen molar-refractivity contribution in [3.63, 3.8) is 0 Å². The summed E-state index contributed by atoms with van der Waals surface area (Å²) in [7, 11) is 1.64. The van der Waals surface area contributed by atoms with Crippen LogP contribution in [-0.2, 0) is 24.2 Å². The standard InChI is InChI=1S/C26H30N2O4/c1-30-23-9-10-25-21(17-23)16-22(19-32-25)26(29)27-12-14-28(18-24-8-5-15-31-24)13-11-20-6-3-2-4-7-20/h2-10,15,17,22H,11-14,16,18-19H2,1H3,(H,27,29)/t22-/m1/s1. The lowest BCUT2D eigenvalue weighted by Gasteiger charge is -2.26. The molecule has 4 rings (SSSR count). The van der Waals surface area contributed by atoms with Crippen LogP contribution in [0.3, 0.4) is 0 Å². The number of benzene rings is 2. The molecule has 0 aliphatic carbocycles. The third-order valence-corrected chi connectivity index (χ3v) is 5.79. The molecule has 32 heavy (non-hydrogen) atoms. The van der Waals surface area contributed by atoms with Gasteiger partial charge >= 0.3 is 0 Å². The van der Waals surface area contributed by atoms with Gasteiger partial charge in [0.1, 0.15) is 23.9 Å². The number of amides is 1. The Morgan fingerprint density at radius 1 is 1.12 bits per heavy atom. The third-order valence-electron chi connectivity index (χ3n) is 5.79. The van der Waals surface area contributed by atoms with Crippen molar-refractivity contribution >= 4 is 5.91 Å².